The highest BCUT2D eigenvalue weighted by Crippen LogP contribution is 2.45. The minimum absolute atomic E-state index is 0.105. The van der Waals surface area contributed by atoms with Gasteiger partial charge in [-0.25, -0.2) is 9.13 Å². The fourth-order valence-corrected chi connectivity index (χ4v) is 12.9. The number of ether oxygens (including phenoxy) is 4. The van der Waals surface area contributed by atoms with E-state index in [1.165, 1.54) is 173 Å². The van der Waals surface area contributed by atoms with Gasteiger partial charge in [0.25, 0.3) is 0 Å². The third-order valence-electron chi connectivity index (χ3n) is 18.4. The van der Waals surface area contributed by atoms with Crippen molar-refractivity contribution in [3.05, 3.63) is 0 Å². The van der Waals surface area contributed by atoms with Crippen LogP contribution in [0.2, 0.25) is 0 Å². The molecule has 6 unspecified atom stereocenters. The average Bonchev–Trinajstić information content (AvgIpc) is 3.48. The summed E-state index contributed by atoms with van der Waals surface area (Å²) >= 11 is 0. The molecule has 0 fully saturated rings. The zero-order valence-electron chi connectivity index (χ0n) is 61.6. The minimum atomic E-state index is -4.96. The van der Waals surface area contributed by atoms with Gasteiger partial charge in [0.05, 0.1) is 26.4 Å². The number of carbonyl (C=O) groups is 4. The quantitative estimate of drug-likeness (QED) is 0.0222. The first-order valence-electron chi connectivity index (χ1n) is 38.8. The molecule has 0 aliphatic rings. The summed E-state index contributed by atoms with van der Waals surface area (Å²) in [6, 6.07) is 0. The molecule has 0 saturated heterocycles. The predicted octanol–water partition coefficient (Wildman–Crippen LogP) is 21.7. The van der Waals surface area contributed by atoms with Crippen molar-refractivity contribution in [2.24, 2.45) is 23.7 Å². The first-order chi connectivity index (χ1) is 45.2. The van der Waals surface area contributed by atoms with Crippen molar-refractivity contribution in [3.8, 4) is 0 Å². The normalized spacial score (nSPS) is 15.0. The number of hydrogen-bond donors (Lipinski definition) is 3. The van der Waals surface area contributed by atoms with E-state index in [2.05, 4.69) is 55.4 Å². The van der Waals surface area contributed by atoms with Gasteiger partial charge in [-0.2, -0.15) is 0 Å². The third-order valence-corrected chi connectivity index (χ3v) is 20.3. The number of phosphoric acid groups is 2. The Balaban J connectivity index is 5.25. The van der Waals surface area contributed by atoms with Crippen molar-refractivity contribution in [1.29, 1.82) is 0 Å². The molecule has 8 atom stereocenters. The van der Waals surface area contributed by atoms with Crippen molar-refractivity contribution in [3.63, 3.8) is 0 Å². The van der Waals surface area contributed by atoms with E-state index in [4.69, 9.17) is 37.0 Å². The smallest absolute Gasteiger partial charge is 0.462 e. The fraction of sp³-hybridized carbons (Fsp3) is 0.947. The van der Waals surface area contributed by atoms with Crippen LogP contribution in [-0.2, 0) is 65.4 Å². The largest absolute Gasteiger partial charge is 0.472 e. The lowest BCUT2D eigenvalue weighted by atomic mass is 9.99. The first-order valence-corrected chi connectivity index (χ1v) is 41.8. The Labute approximate surface area is 575 Å². The molecule has 0 bridgehead atoms. The number of phosphoric ester groups is 2. The fourth-order valence-electron chi connectivity index (χ4n) is 11.3. The van der Waals surface area contributed by atoms with E-state index in [1.807, 2.05) is 0 Å². The highest BCUT2D eigenvalue weighted by Gasteiger charge is 2.30. The standard InChI is InChI=1S/C75H146O17P2/c1-9-66(6)52-44-36-28-20-16-14-12-13-15-17-22-32-41-49-57-74(79)92-71(62-86-73(78)56-48-40-34-26-27-35-43-51-65(4)5)64-90-94(83,84)88-60-69(76)59-87-93(81,82)89-63-70(61-85-72(77)55-47-39-31-25-24-30-38-46-54-68(8)11-3)91-75(80)58-50-42-33-23-19-18-21-29-37-45-53-67(7)10-2/h65-71,76H,9-64H2,1-8H3,(H,81,82)(H,83,84)/t66?,67?,68?,69?,70-,71-/m1/s1. The summed E-state index contributed by atoms with van der Waals surface area (Å²) in [4.78, 5) is 72.8. The maximum absolute atomic E-state index is 13.1. The molecule has 3 N–H and O–H groups in total. The Bertz CT molecular complexity index is 1860. The Morgan fingerprint density at radius 2 is 0.511 bits per heavy atom. The maximum Gasteiger partial charge on any atom is 0.472 e. The predicted molar refractivity (Wildman–Crippen MR) is 381 cm³/mol. The topological polar surface area (TPSA) is 237 Å². The molecule has 94 heavy (non-hydrogen) atoms. The van der Waals surface area contributed by atoms with E-state index in [1.54, 1.807) is 0 Å². The van der Waals surface area contributed by atoms with Crippen LogP contribution in [0.15, 0.2) is 0 Å². The van der Waals surface area contributed by atoms with Crippen LogP contribution in [0.3, 0.4) is 0 Å². The molecule has 0 saturated carbocycles. The summed E-state index contributed by atoms with van der Waals surface area (Å²) < 4.78 is 68.5. The van der Waals surface area contributed by atoms with E-state index >= 15 is 0 Å². The lowest BCUT2D eigenvalue weighted by molar-refractivity contribution is -0.161. The summed E-state index contributed by atoms with van der Waals surface area (Å²) in [5, 5.41) is 10.6. The number of hydrogen-bond acceptors (Lipinski definition) is 15. The lowest BCUT2D eigenvalue weighted by Crippen LogP contribution is -2.30. The van der Waals surface area contributed by atoms with Gasteiger partial charge >= 0.3 is 39.5 Å². The van der Waals surface area contributed by atoms with Crippen LogP contribution in [0.1, 0.15) is 376 Å². The molecule has 0 spiro atoms. The highest BCUT2D eigenvalue weighted by molar-refractivity contribution is 7.47. The molecule has 0 aliphatic heterocycles. The van der Waals surface area contributed by atoms with Gasteiger partial charge in [-0.05, 0) is 49.4 Å². The van der Waals surface area contributed by atoms with Gasteiger partial charge < -0.3 is 33.8 Å². The van der Waals surface area contributed by atoms with Gasteiger partial charge in [0, 0.05) is 25.7 Å². The third kappa shape index (κ3) is 64.7. The summed E-state index contributed by atoms with van der Waals surface area (Å²) in [6.45, 7) is 14.2. The Morgan fingerprint density at radius 1 is 0.298 bits per heavy atom. The van der Waals surface area contributed by atoms with Crippen molar-refractivity contribution >= 4 is 39.5 Å². The summed E-state index contributed by atoms with van der Waals surface area (Å²) in [5.41, 5.74) is 0. The van der Waals surface area contributed by atoms with Gasteiger partial charge in [-0.15, -0.1) is 0 Å². The minimum Gasteiger partial charge on any atom is -0.462 e. The number of unbranched alkanes of at least 4 members (excludes halogenated alkanes) is 35. The number of esters is 4. The highest BCUT2D eigenvalue weighted by atomic mass is 31.2. The molecule has 0 aromatic carbocycles. The molecule has 0 radical (unpaired) electrons. The molecule has 0 amide bonds. The van der Waals surface area contributed by atoms with E-state index < -0.39 is 97.5 Å². The SMILES string of the molecule is CCC(C)CCCCCCCCCCCCCCCCC(=O)O[C@H](COC(=O)CCCCCCCCCC(C)C)COP(=O)(O)OCC(O)COP(=O)(O)OC[C@@H](COC(=O)CCCCCCCCCCC(C)CC)OC(=O)CCCCCCCCCCCCC(C)CC. The van der Waals surface area contributed by atoms with Gasteiger partial charge in [0.2, 0.25) is 0 Å². The number of aliphatic hydroxyl groups is 1. The Morgan fingerprint density at radius 3 is 0.755 bits per heavy atom. The van der Waals surface area contributed by atoms with Crippen molar-refractivity contribution in [2.75, 3.05) is 39.6 Å². The first kappa shape index (κ1) is 92.1. The second-order valence-corrected chi connectivity index (χ2v) is 31.1. The molecular formula is C75H146O17P2. The van der Waals surface area contributed by atoms with Gasteiger partial charge in [0.1, 0.15) is 19.3 Å². The van der Waals surface area contributed by atoms with Gasteiger partial charge in [-0.3, -0.25) is 37.3 Å². The van der Waals surface area contributed by atoms with Crippen molar-refractivity contribution < 1.29 is 80.2 Å². The second kappa shape index (κ2) is 64.4. The van der Waals surface area contributed by atoms with Gasteiger partial charge in [0.15, 0.2) is 12.2 Å². The van der Waals surface area contributed by atoms with Crippen LogP contribution >= 0.6 is 15.6 Å². The van der Waals surface area contributed by atoms with Crippen LogP contribution in [0.4, 0.5) is 0 Å². The molecule has 0 aromatic heterocycles. The van der Waals surface area contributed by atoms with Crippen LogP contribution in [0.25, 0.3) is 0 Å². The monoisotopic (exact) mass is 1380 g/mol. The second-order valence-electron chi connectivity index (χ2n) is 28.2. The summed E-state index contributed by atoms with van der Waals surface area (Å²) in [5.74, 6) is 1.01. The van der Waals surface area contributed by atoms with Gasteiger partial charge in [-0.1, -0.05) is 325 Å². The molecule has 17 nitrogen and oxygen atoms in total. The van der Waals surface area contributed by atoms with E-state index in [-0.39, 0.29) is 25.7 Å². The zero-order chi connectivity index (χ0) is 69.6. The lowest BCUT2D eigenvalue weighted by Gasteiger charge is -2.21. The molecule has 0 rings (SSSR count). The molecule has 19 heteroatoms. The summed E-state index contributed by atoms with van der Waals surface area (Å²) in [6.07, 6.45) is 48.4. The van der Waals surface area contributed by atoms with Crippen LogP contribution in [-0.4, -0.2) is 96.7 Å². The number of aliphatic hydroxyl groups excluding tert-OH is 1. The molecule has 0 heterocycles. The van der Waals surface area contributed by atoms with E-state index in [9.17, 15) is 43.2 Å². The molecule has 0 aromatic rings. The van der Waals surface area contributed by atoms with Crippen LogP contribution in [0.5, 0.6) is 0 Å². The zero-order valence-corrected chi connectivity index (χ0v) is 63.4. The molecule has 558 valence electrons. The van der Waals surface area contributed by atoms with E-state index in [0.717, 1.165) is 114 Å². The van der Waals surface area contributed by atoms with Crippen LogP contribution in [0, 0.1) is 23.7 Å². The average molecular weight is 1380 g/mol. The maximum atomic E-state index is 13.1. The Hall–Kier alpha value is -1.94. The number of carbonyl (C=O) groups excluding carboxylic acids is 4. The summed E-state index contributed by atoms with van der Waals surface area (Å²) in [7, 11) is -9.91. The van der Waals surface area contributed by atoms with Crippen molar-refractivity contribution in [1.82, 2.24) is 0 Å². The van der Waals surface area contributed by atoms with Crippen LogP contribution < -0.4 is 0 Å². The Kier molecular flexibility index (Phi) is 63.1. The van der Waals surface area contributed by atoms with Crippen molar-refractivity contribution in [2.45, 2.75) is 395 Å². The number of rotatable bonds is 72. The molecule has 0 aliphatic carbocycles. The molecular weight excluding hydrogens is 1230 g/mol. The van der Waals surface area contributed by atoms with E-state index in [0.29, 0.717) is 31.6 Å².